The summed E-state index contributed by atoms with van der Waals surface area (Å²) in [5, 5.41) is 9.97. The second kappa shape index (κ2) is 5.55. The molecular formula is C11H12ClF3O. The van der Waals surface area contributed by atoms with Gasteiger partial charge in [-0.1, -0.05) is 23.7 Å². The lowest BCUT2D eigenvalue weighted by molar-refractivity contribution is -0.139. The number of rotatable bonds is 4. The maximum absolute atomic E-state index is 11.9. The third-order valence-electron chi connectivity index (χ3n) is 2.15. The Labute approximate surface area is 96.9 Å². The first-order chi connectivity index (χ1) is 7.37. The van der Waals surface area contributed by atoms with Crippen LogP contribution in [0.1, 0.15) is 18.4 Å². The summed E-state index contributed by atoms with van der Waals surface area (Å²) >= 11 is 5.66. The molecule has 5 heteroatoms. The number of benzene rings is 1. The molecule has 0 saturated heterocycles. The number of aliphatic hydroxyl groups excluding tert-OH is 1. The molecule has 90 valence electrons. The predicted octanol–water partition coefficient (Wildman–Crippen LogP) is 3.59. The third-order valence-corrected chi connectivity index (χ3v) is 2.40. The molecule has 0 amide bonds. The molecule has 0 fully saturated rings. The van der Waals surface area contributed by atoms with Gasteiger partial charge in [0.25, 0.3) is 0 Å². The molecular weight excluding hydrogens is 241 g/mol. The molecule has 0 radical (unpaired) electrons. The van der Waals surface area contributed by atoms with Gasteiger partial charge in [-0.15, -0.1) is 0 Å². The molecule has 0 aromatic heterocycles. The van der Waals surface area contributed by atoms with Crippen molar-refractivity contribution in [2.24, 2.45) is 0 Å². The second-order valence-corrected chi connectivity index (χ2v) is 4.07. The van der Waals surface area contributed by atoms with Crippen molar-refractivity contribution in [3.05, 3.63) is 34.9 Å². The largest absolute Gasteiger partial charge is 0.393 e. The lowest BCUT2D eigenvalue weighted by Gasteiger charge is -2.12. The summed E-state index contributed by atoms with van der Waals surface area (Å²) in [7, 11) is 0. The molecule has 0 aliphatic rings. The number of halogens is 4. The monoisotopic (exact) mass is 252 g/mol. The van der Waals surface area contributed by atoms with E-state index in [-0.39, 0.29) is 12.8 Å². The molecule has 1 aromatic carbocycles. The molecule has 1 atom stereocenters. The van der Waals surface area contributed by atoms with E-state index in [1.165, 1.54) is 0 Å². The van der Waals surface area contributed by atoms with Crippen LogP contribution in [0.2, 0.25) is 5.02 Å². The van der Waals surface area contributed by atoms with E-state index in [0.717, 1.165) is 5.56 Å². The zero-order valence-electron chi connectivity index (χ0n) is 8.47. The minimum atomic E-state index is -4.21. The van der Waals surface area contributed by atoms with Gasteiger partial charge >= 0.3 is 6.18 Å². The van der Waals surface area contributed by atoms with Crippen LogP contribution in [0.3, 0.4) is 0 Å². The molecule has 0 heterocycles. The maximum atomic E-state index is 11.9. The number of alkyl halides is 3. The molecule has 1 rings (SSSR count). The molecule has 0 aliphatic heterocycles. The highest BCUT2D eigenvalue weighted by atomic mass is 35.5. The van der Waals surface area contributed by atoms with Crippen LogP contribution in [0, 0.1) is 0 Å². The van der Waals surface area contributed by atoms with Gasteiger partial charge in [0.2, 0.25) is 0 Å². The lowest BCUT2D eigenvalue weighted by atomic mass is 10.0. The van der Waals surface area contributed by atoms with Crippen LogP contribution < -0.4 is 0 Å². The maximum Gasteiger partial charge on any atom is 0.389 e. The summed E-state index contributed by atoms with van der Waals surface area (Å²) in [4.78, 5) is 0. The molecule has 0 spiro atoms. The molecule has 0 aliphatic carbocycles. The zero-order chi connectivity index (χ0) is 12.2. The van der Waals surface area contributed by atoms with E-state index in [4.69, 9.17) is 11.6 Å². The Morgan fingerprint density at radius 3 is 2.25 bits per heavy atom. The topological polar surface area (TPSA) is 20.2 Å². The fraction of sp³-hybridized carbons (Fsp3) is 0.455. The van der Waals surface area contributed by atoms with Crippen molar-refractivity contribution in [2.75, 3.05) is 0 Å². The summed E-state index contributed by atoms with van der Waals surface area (Å²) < 4.78 is 35.6. The fourth-order valence-electron chi connectivity index (χ4n) is 1.32. The standard InChI is InChI=1S/C11H12ClF3O/c12-9-3-1-8(2-4-9)7-10(16)5-6-11(13,14)15/h1-4,10,16H,5-7H2. The van der Waals surface area contributed by atoms with Crippen LogP contribution in [0.25, 0.3) is 0 Å². The van der Waals surface area contributed by atoms with Gasteiger partial charge < -0.3 is 5.11 Å². The predicted molar refractivity (Wildman–Crippen MR) is 56.5 cm³/mol. The van der Waals surface area contributed by atoms with E-state index in [2.05, 4.69) is 0 Å². The third kappa shape index (κ3) is 5.37. The first-order valence-electron chi connectivity index (χ1n) is 4.86. The van der Waals surface area contributed by atoms with Gasteiger partial charge in [-0.2, -0.15) is 13.2 Å². The van der Waals surface area contributed by atoms with Gasteiger partial charge in [0, 0.05) is 11.4 Å². The Hall–Kier alpha value is -0.740. The molecule has 1 aromatic rings. The average molecular weight is 253 g/mol. The highest BCUT2D eigenvalue weighted by Crippen LogP contribution is 2.23. The molecule has 0 saturated carbocycles. The Morgan fingerprint density at radius 1 is 1.19 bits per heavy atom. The number of hydrogen-bond donors (Lipinski definition) is 1. The van der Waals surface area contributed by atoms with Crippen molar-refractivity contribution < 1.29 is 18.3 Å². The minimum Gasteiger partial charge on any atom is -0.393 e. The Bertz CT molecular complexity index is 321. The van der Waals surface area contributed by atoms with E-state index in [0.29, 0.717) is 5.02 Å². The van der Waals surface area contributed by atoms with Crippen molar-refractivity contribution in [1.29, 1.82) is 0 Å². The normalized spacial score (nSPS) is 13.8. The lowest BCUT2D eigenvalue weighted by Crippen LogP contribution is -2.16. The van der Waals surface area contributed by atoms with Crippen molar-refractivity contribution in [3.8, 4) is 0 Å². The van der Waals surface area contributed by atoms with Crippen LogP contribution in [-0.4, -0.2) is 17.4 Å². The Balaban J connectivity index is 2.39. The van der Waals surface area contributed by atoms with Gasteiger partial charge in [0.1, 0.15) is 0 Å². The van der Waals surface area contributed by atoms with Crippen LogP contribution in [0.5, 0.6) is 0 Å². The highest BCUT2D eigenvalue weighted by Gasteiger charge is 2.27. The first-order valence-corrected chi connectivity index (χ1v) is 5.24. The van der Waals surface area contributed by atoms with E-state index < -0.39 is 18.7 Å². The highest BCUT2D eigenvalue weighted by molar-refractivity contribution is 6.30. The van der Waals surface area contributed by atoms with Crippen LogP contribution in [0.4, 0.5) is 13.2 Å². The Kier molecular flexibility index (Phi) is 4.62. The fourth-order valence-corrected chi connectivity index (χ4v) is 1.45. The first kappa shape index (κ1) is 13.3. The van der Waals surface area contributed by atoms with Gasteiger partial charge in [-0.25, -0.2) is 0 Å². The summed E-state index contributed by atoms with van der Waals surface area (Å²) in [6.45, 7) is 0. The number of aliphatic hydroxyl groups is 1. The van der Waals surface area contributed by atoms with Crippen LogP contribution >= 0.6 is 11.6 Å². The minimum absolute atomic E-state index is 0.216. The summed E-state index contributed by atoms with van der Waals surface area (Å²) in [5.41, 5.74) is 0.777. The summed E-state index contributed by atoms with van der Waals surface area (Å²) in [6, 6.07) is 6.68. The van der Waals surface area contributed by atoms with E-state index in [1.807, 2.05) is 0 Å². The zero-order valence-corrected chi connectivity index (χ0v) is 9.22. The number of hydrogen-bond acceptors (Lipinski definition) is 1. The summed E-state index contributed by atoms with van der Waals surface area (Å²) in [5.74, 6) is 0. The second-order valence-electron chi connectivity index (χ2n) is 3.64. The smallest absolute Gasteiger partial charge is 0.389 e. The van der Waals surface area contributed by atoms with Crippen molar-refractivity contribution in [3.63, 3.8) is 0 Å². The molecule has 1 nitrogen and oxygen atoms in total. The van der Waals surface area contributed by atoms with Crippen molar-refractivity contribution in [2.45, 2.75) is 31.5 Å². The van der Waals surface area contributed by atoms with Gasteiger partial charge in [0.15, 0.2) is 0 Å². The molecule has 16 heavy (non-hydrogen) atoms. The Morgan fingerprint density at radius 2 is 1.75 bits per heavy atom. The van der Waals surface area contributed by atoms with Crippen molar-refractivity contribution >= 4 is 11.6 Å². The van der Waals surface area contributed by atoms with E-state index in [1.54, 1.807) is 24.3 Å². The van der Waals surface area contributed by atoms with Crippen LogP contribution in [0.15, 0.2) is 24.3 Å². The van der Waals surface area contributed by atoms with Gasteiger partial charge in [-0.05, 0) is 30.5 Å². The molecule has 1 N–H and O–H groups in total. The van der Waals surface area contributed by atoms with Gasteiger partial charge in [-0.3, -0.25) is 0 Å². The average Bonchev–Trinajstić information content (AvgIpc) is 2.18. The van der Waals surface area contributed by atoms with Crippen LogP contribution in [-0.2, 0) is 6.42 Å². The summed E-state index contributed by atoms with van der Waals surface area (Å²) in [6.07, 6.45) is -6.19. The van der Waals surface area contributed by atoms with Crippen molar-refractivity contribution in [1.82, 2.24) is 0 Å². The van der Waals surface area contributed by atoms with E-state index in [9.17, 15) is 18.3 Å². The van der Waals surface area contributed by atoms with E-state index >= 15 is 0 Å². The van der Waals surface area contributed by atoms with Gasteiger partial charge in [0.05, 0.1) is 6.10 Å². The molecule has 0 bridgehead atoms. The quantitative estimate of drug-likeness (QED) is 0.868. The molecule has 1 unspecified atom stereocenters. The SMILES string of the molecule is OC(CCC(F)(F)F)Cc1ccc(Cl)cc1.